The highest BCUT2D eigenvalue weighted by Gasteiger charge is 2.30. The molecule has 0 fully saturated rings. The third-order valence-corrected chi connectivity index (χ3v) is 7.12. The molecule has 0 unspecified atom stereocenters. The fourth-order valence-electron chi connectivity index (χ4n) is 3.67. The van der Waals surface area contributed by atoms with Crippen LogP contribution in [0.1, 0.15) is 17.5 Å². The van der Waals surface area contributed by atoms with Crippen molar-refractivity contribution in [3.05, 3.63) is 84.1 Å². The molecule has 0 saturated heterocycles. The molecule has 1 heterocycles. The number of aryl methyl sites for hydroxylation is 1. The van der Waals surface area contributed by atoms with Crippen LogP contribution in [0.3, 0.4) is 0 Å². The molecule has 0 aliphatic carbocycles. The number of nitrogens with zero attached hydrogens (tertiary/aromatic N) is 1. The van der Waals surface area contributed by atoms with Gasteiger partial charge in [-0.05, 0) is 66.6 Å². The van der Waals surface area contributed by atoms with Crippen molar-refractivity contribution in [1.82, 2.24) is 3.97 Å². The van der Waals surface area contributed by atoms with Crippen molar-refractivity contribution in [1.29, 1.82) is 0 Å². The molecule has 7 nitrogen and oxygen atoms in total. The van der Waals surface area contributed by atoms with Gasteiger partial charge >= 0.3 is 12.1 Å². The van der Waals surface area contributed by atoms with E-state index in [1.807, 2.05) is 0 Å². The van der Waals surface area contributed by atoms with Crippen LogP contribution in [-0.4, -0.2) is 30.6 Å². The number of fused-ring (bicyclic) bond motifs is 1. The van der Waals surface area contributed by atoms with Gasteiger partial charge in [-0.2, -0.15) is 13.2 Å². The van der Waals surface area contributed by atoms with E-state index in [4.69, 9.17) is 14.6 Å². The van der Waals surface area contributed by atoms with E-state index in [1.54, 1.807) is 18.2 Å². The maximum absolute atomic E-state index is 13.5. The van der Waals surface area contributed by atoms with Crippen molar-refractivity contribution < 1.29 is 41.0 Å². The summed E-state index contributed by atoms with van der Waals surface area (Å²) in [6.45, 7) is 0. The summed E-state index contributed by atoms with van der Waals surface area (Å²) >= 11 is 0. The zero-order valence-corrected chi connectivity index (χ0v) is 19.6. The van der Waals surface area contributed by atoms with Crippen LogP contribution in [0.2, 0.25) is 0 Å². The third kappa shape index (κ3) is 5.15. The predicted molar refractivity (Wildman–Crippen MR) is 125 cm³/mol. The smallest absolute Gasteiger partial charge is 0.416 e. The highest BCUT2D eigenvalue weighted by molar-refractivity contribution is 7.90. The zero-order chi connectivity index (χ0) is 26.1. The van der Waals surface area contributed by atoms with Crippen LogP contribution in [0.5, 0.6) is 17.2 Å². The van der Waals surface area contributed by atoms with Crippen molar-refractivity contribution in [3.8, 4) is 17.2 Å². The summed E-state index contributed by atoms with van der Waals surface area (Å²) in [6, 6.07) is 14.4. The molecule has 0 aliphatic heterocycles. The molecule has 0 atom stereocenters. The van der Waals surface area contributed by atoms with E-state index in [9.17, 15) is 26.4 Å². The first kappa shape index (κ1) is 25.1. The minimum absolute atomic E-state index is 0.104. The number of ether oxygens (including phenoxy) is 2. The minimum atomic E-state index is -4.49. The quantitative estimate of drug-likeness (QED) is 0.320. The van der Waals surface area contributed by atoms with Crippen molar-refractivity contribution in [2.45, 2.75) is 23.9 Å². The number of carbonyl (C=O) groups is 1. The summed E-state index contributed by atoms with van der Waals surface area (Å²) < 4.78 is 77.3. The van der Waals surface area contributed by atoms with E-state index in [1.165, 1.54) is 37.6 Å². The Morgan fingerprint density at radius 2 is 1.67 bits per heavy atom. The summed E-state index contributed by atoms with van der Waals surface area (Å²) in [4.78, 5) is 11.0. The number of halogens is 3. The summed E-state index contributed by atoms with van der Waals surface area (Å²) in [5.74, 6) is -0.317. The van der Waals surface area contributed by atoms with E-state index in [0.717, 1.165) is 28.2 Å². The lowest BCUT2D eigenvalue weighted by atomic mass is 10.1. The number of aromatic nitrogens is 1. The summed E-state index contributed by atoms with van der Waals surface area (Å²) in [6.07, 6.45) is -3.18. The highest BCUT2D eigenvalue weighted by atomic mass is 32.2. The molecule has 188 valence electrons. The number of benzene rings is 3. The Labute approximate surface area is 204 Å². The molecule has 1 N–H and O–H groups in total. The maximum atomic E-state index is 13.5. The monoisotopic (exact) mass is 519 g/mol. The number of rotatable bonds is 8. The van der Waals surface area contributed by atoms with Crippen molar-refractivity contribution in [2.24, 2.45) is 0 Å². The van der Waals surface area contributed by atoms with Crippen LogP contribution >= 0.6 is 0 Å². The second kappa shape index (κ2) is 9.57. The Morgan fingerprint density at radius 3 is 2.31 bits per heavy atom. The molecule has 3 aromatic carbocycles. The van der Waals surface area contributed by atoms with Crippen molar-refractivity contribution in [3.63, 3.8) is 0 Å². The molecule has 4 rings (SSSR count). The average molecular weight is 519 g/mol. The van der Waals surface area contributed by atoms with Crippen LogP contribution in [0.15, 0.2) is 77.8 Å². The fourth-order valence-corrected chi connectivity index (χ4v) is 5.10. The predicted octanol–water partition coefficient (Wildman–Crippen LogP) is 5.72. The molecule has 0 radical (unpaired) electrons. The van der Waals surface area contributed by atoms with Crippen LogP contribution in [0.25, 0.3) is 10.9 Å². The zero-order valence-electron chi connectivity index (χ0n) is 18.8. The molecule has 0 aliphatic rings. The van der Waals surface area contributed by atoms with Gasteiger partial charge in [-0.3, -0.25) is 4.79 Å². The number of carboxylic acid groups (broad SMARTS) is 1. The first-order valence-electron chi connectivity index (χ1n) is 10.6. The van der Waals surface area contributed by atoms with E-state index >= 15 is 0 Å². The number of alkyl halides is 3. The Hall–Kier alpha value is -3.99. The van der Waals surface area contributed by atoms with Crippen molar-refractivity contribution >= 4 is 26.9 Å². The summed E-state index contributed by atoms with van der Waals surface area (Å²) in [5, 5.41) is 9.62. The average Bonchev–Trinajstić information content (AvgIpc) is 3.21. The number of carboxylic acids is 1. The van der Waals surface area contributed by atoms with Gasteiger partial charge in [0.25, 0.3) is 10.0 Å². The maximum Gasteiger partial charge on any atom is 0.416 e. The summed E-state index contributed by atoms with van der Waals surface area (Å²) in [7, 11) is -2.68. The number of hydrogen-bond acceptors (Lipinski definition) is 5. The van der Waals surface area contributed by atoms with Crippen LogP contribution in [0, 0.1) is 0 Å². The van der Waals surface area contributed by atoms with Crippen LogP contribution in [-0.2, 0) is 27.4 Å². The molecule has 0 spiro atoms. The van der Waals surface area contributed by atoms with Gasteiger partial charge in [0.05, 0.1) is 23.1 Å². The van der Waals surface area contributed by atoms with E-state index in [-0.39, 0.29) is 29.2 Å². The molecule has 0 amide bonds. The normalized spacial score (nSPS) is 12.0. The second-order valence-electron chi connectivity index (χ2n) is 7.83. The van der Waals surface area contributed by atoms with Crippen LogP contribution < -0.4 is 9.47 Å². The molecule has 4 aromatic rings. The first-order chi connectivity index (χ1) is 17.0. The van der Waals surface area contributed by atoms with Crippen molar-refractivity contribution in [2.75, 3.05) is 7.11 Å². The standard InChI is InChI=1S/C25H20F3NO6S/c1-34-19-10-11-23-22(14-19)16(5-12-24(30)31)15-29(23)36(32,33)21-4-2-3-20(13-21)35-18-8-6-17(7-9-18)25(26,27)28/h2-4,6-11,13-15H,5,12H2,1H3,(H,30,31). The second-order valence-corrected chi connectivity index (χ2v) is 9.65. The van der Waals surface area contributed by atoms with E-state index < -0.39 is 27.7 Å². The molecular formula is C25H20F3NO6S. The van der Waals surface area contributed by atoms with E-state index in [0.29, 0.717) is 22.2 Å². The minimum Gasteiger partial charge on any atom is -0.497 e. The lowest BCUT2D eigenvalue weighted by molar-refractivity contribution is -0.138. The number of methoxy groups -OCH3 is 1. The van der Waals surface area contributed by atoms with Gasteiger partial charge in [0, 0.05) is 24.1 Å². The number of aliphatic carboxylic acids is 1. The molecule has 1 aromatic heterocycles. The summed E-state index contributed by atoms with van der Waals surface area (Å²) in [5.41, 5.74) is 0.0262. The Bertz CT molecular complexity index is 1530. The highest BCUT2D eigenvalue weighted by Crippen LogP contribution is 2.33. The Kier molecular flexibility index (Phi) is 6.68. The number of hydrogen-bond donors (Lipinski definition) is 1. The topological polar surface area (TPSA) is 94.8 Å². The largest absolute Gasteiger partial charge is 0.497 e. The van der Waals surface area contributed by atoms with Gasteiger partial charge in [0.1, 0.15) is 17.2 Å². The van der Waals surface area contributed by atoms with Gasteiger partial charge in [-0.15, -0.1) is 0 Å². The molecule has 11 heteroatoms. The molecule has 0 saturated carbocycles. The van der Waals surface area contributed by atoms with Crippen LogP contribution in [0.4, 0.5) is 13.2 Å². The lowest BCUT2D eigenvalue weighted by Crippen LogP contribution is -2.12. The van der Waals surface area contributed by atoms with Gasteiger partial charge in [0.2, 0.25) is 0 Å². The Balaban J connectivity index is 1.70. The molecular weight excluding hydrogens is 499 g/mol. The van der Waals surface area contributed by atoms with Gasteiger partial charge < -0.3 is 14.6 Å². The lowest BCUT2D eigenvalue weighted by Gasteiger charge is -2.11. The Morgan fingerprint density at radius 1 is 0.972 bits per heavy atom. The van der Waals surface area contributed by atoms with E-state index in [2.05, 4.69) is 0 Å². The SMILES string of the molecule is COc1ccc2c(c1)c(CCC(=O)O)cn2S(=O)(=O)c1cccc(Oc2ccc(C(F)(F)F)cc2)c1. The van der Waals surface area contributed by atoms with Gasteiger partial charge in [-0.25, -0.2) is 12.4 Å². The van der Waals surface area contributed by atoms with Gasteiger partial charge in [-0.1, -0.05) is 6.07 Å². The third-order valence-electron chi connectivity index (χ3n) is 5.45. The first-order valence-corrected chi connectivity index (χ1v) is 12.0. The molecule has 0 bridgehead atoms. The van der Waals surface area contributed by atoms with Gasteiger partial charge in [0.15, 0.2) is 0 Å². The molecule has 36 heavy (non-hydrogen) atoms. The fraction of sp³-hybridized carbons (Fsp3) is 0.160.